The van der Waals surface area contributed by atoms with Gasteiger partial charge in [-0.15, -0.1) is 0 Å². The summed E-state index contributed by atoms with van der Waals surface area (Å²) in [6.07, 6.45) is 0. The van der Waals surface area contributed by atoms with Crippen molar-refractivity contribution in [1.82, 2.24) is 10.0 Å². The molecule has 4 heterocycles. The largest absolute Gasteiger partial charge is 0.274 e. The molecule has 4 aromatic rings. The standard InChI is InChI=1S/C34H22F4N4O4/c35-19-5-1-17(2-6-19)27-25-29(33(45)39(31(25)43)23-13-9-21(37)10-14-23)42-28(18-3-7-20(36)8-4-18)26-30(41(27)42)34(46)40(32(26)44)24-15-11-22(38)12-16-24/h1-16,25-30H/t25-,26-,27-,28+,29+,30-/m1/s1. The van der Waals surface area contributed by atoms with Crippen LogP contribution in [0.4, 0.5) is 28.9 Å². The first-order valence-corrected chi connectivity index (χ1v) is 14.5. The summed E-state index contributed by atoms with van der Waals surface area (Å²) in [6.45, 7) is 0. The van der Waals surface area contributed by atoms with Crippen LogP contribution >= 0.6 is 0 Å². The van der Waals surface area contributed by atoms with Crippen molar-refractivity contribution >= 4 is 35.0 Å². The highest BCUT2D eigenvalue weighted by Gasteiger charge is 2.73. The number of hydrogen-bond donors (Lipinski definition) is 0. The van der Waals surface area contributed by atoms with Crippen molar-refractivity contribution in [2.75, 3.05) is 9.80 Å². The predicted molar refractivity (Wildman–Crippen MR) is 154 cm³/mol. The van der Waals surface area contributed by atoms with Gasteiger partial charge in [-0.25, -0.2) is 37.4 Å². The van der Waals surface area contributed by atoms with Crippen molar-refractivity contribution in [1.29, 1.82) is 0 Å². The Balaban J connectivity index is 1.32. The number of anilines is 2. The molecule has 4 amide bonds. The molecule has 0 N–H and O–H groups in total. The average molecular weight is 627 g/mol. The third-order valence-corrected chi connectivity index (χ3v) is 9.32. The van der Waals surface area contributed by atoms with E-state index in [1.807, 2.05) is 0 Å². The molecular weight excluding hydrogens is 604 g/mol. The zero-order chi connectivity index (χ0) is 32.0. The molecular formula is C34H22F4N4O4. The highest BCUT2D eigenvalue weighted by Crippen LogP contribution is 2.59. The Labute approximate surface area is 259 Å². The van der Waals surface area contributed by atoms with E-state index in [9.17, 15) is 36.7 Å². The van der Waals surface area contributed by atoms with E-state index in [1.165, 1.54) is 72.8 Å². The number of carbonyl (C=O) groups is 4. The molecule has 0 radical (unpaired) electrons. The minimum atomic E-state index is -1.21. The quantitative estimate of drug-likeness (QED) is 0.242. The second kappa shape index (κ2) is 10.2. The van der Waals surface area contributed by atoms with Gasteiger partial charge in [-0.3, -0.25) is 19.2 Å². The summed E-state index contributed by atoms with van der Waals surface area (Å²) in [5, 5.41) is 3.14. The molecule has 4 fully saturated rings. The monoisotopic (exact) mass is 626 g/mol. The van der Waals surface area contributed by atoms with Crippen molar-refractivity contribution in [2.24, 2.45) is 11.8 Å². The molecule has 8 nitrogen and oxygen atoms in total. The Morgan fingerprint density at radius 3 is 0.957 bits per heavy atom. The van der Waals surface area contributed by atoms with Crippen molar-refractivity contribution in [3.63, 3.8) is 0 Å². The molecule has 0 saturated carbocycles. The van der Waals surface area contributed by atoms with Gasteiger partial charge in [0.05, 0.1) is 35.3 Å². The molecule has 4 aliphatic heterocycles. The third-order valence-electron chi connectivity index (χ3n) is 9.32. The number of halogens is 4. The molecule has 4 aliphatic rings. The van der Waals surface area contributed by atoms with E-state index in [1.54, 1.807) is 10.0 Å². The van der Waals surface area contributed by atoms with E-state index in [4.69, 9.17) is 0 Å². The summed E-state index contributed by atoms with van der Waals surface area (Å²) in [6, 6.07) is 15.9. The first kappa shape index (κ1) is 28.3. The lowest BCUT2D eigenvalue weighted by atomic mass is 9.84. The normalized spacial score (nSPS) is 27.5. The van der Waals surface area contributed by atoms with E-state index in [-0.39, 0.29) is 11.4 Å². The molecule has 4 aromatic carbocycles. The van der Waals surface area contributed by atoms with E-state index in [0.29, 0.717) is 11.1 Å². The smallest absolute Gasteiger partial charge is 0.253 e. The average Bonchev–Trinajstić information content (AvgIpc) is 3.71. The lowest BCUT2D eigenvalue weighted by molar-refractivity contribution is -0.136. The summed E-state index contributed by atoms with van der Waals surface area (Å²) in [7, 11) is 0. The Morgan fingerprint density at radius 2 is 0.652 bits per heavy atom. The lowest BCUT2D eigenvalue weighted by Crippen LogP contribution is -2.50. The third kappa shape index (κ3) is 3.93. The van der Waals surface area contributed by atoms with Crippen LogP contribution in [0.3, 0.4) is 0 Å². The van der Waals surface area contributed by atoms with Gasteiger partial charge in [-0.2, -0.15) is 0 Å². The summed E-state index contributed by atoms with van der Waals surface area (Å²) < 4.78 is 55.8. The van der Waals surface area contributed by atoms with Crippen LogP contribution in [0, 0.1) is 35.1 Å². The Kier molecular flexibility index (Phi) is 6.25. The number of rotatable bonds is 4. The van der Waals surface area contributed by atoms with Crippen LogP contribution in [-0.4, -0.2) is 45.7 Å². The fourth-order valence-electron chi connectivity index (χ4n) is 7.51. The van der Waals surface area contributed by atoms with Gasteiger partial charge in [0.1, 0.15) is 35.4 Å². The number of nitrogens with zero attached hydrogens (tertiary/aromatic N) is 4. The Hall–Kier alpha value is -5.20. The highest BCUT2D eigenvalue weighted by atomic mass is 19.1. The molecule has 0 aliphatic carbocycles. The van der Waals surface area contributed by atoms with E-state index in [2.05, 4.69) is 0 Å². The van der Waals surface area contributed by atoms with Crippen LogP contribution in [0.1, 0.15) is 23.2 Å². The van der Waals surface area contributed by atoms with Crippen LogP contribution < -0.4 is 9.80 Å². The number of fused-ring (bicyclic) bond motifs is 5. The zero-order valence-corrected chi connectivity index (χ0v) is 23.6. The number of carbonyl (C=O) groups excluding carboxylic acids is 4. The first-order valence-electron chi connectivity index (χ1n) is 14.5. The molecule has 0 bridgehead atoms. The van der Waals surface area contributed by atoms with Gasteiger partial charge in [0.2, 0.25) is 11.8 Å². The number of amides is 4. The fraction of sp³-hybridized carbons (Fsp3) is 0.176. The summed E-state index contributed by atoms with van der Waals surface area (Å²) >= 11 is 0. The van der Waals surface area contributed by atoms with Crippen LogP contribution in [-0.2, 0) is 19.2 Å². The van der Waals surface area contributed by atoms with Gasteiger partial charge in [0.25, 0.3) is 11.8 Å². The number of hydrogen-bond acceptors (Lipinski definition) is 6. The van der Waals surface area contributed by atoms with Gasteiger partial charge in [0.15, 0.2) is 0 Å². The van der Waals surface area contributed by atoms with Crippen LogP contribution in [0.25, 0.3) is 0 Å². The molecule has 0 aromatic heterocycles. The Morgan fingerprint density at radius 1 is 0.370 bits per heavy atom. The molecule has 46 heavy (non-hydrogen) atoms. The second-order valence-corrected chi connectivity index (χ2v) is 11.7. The Bertz CT molecular complexity index is 1780. The second-order valence-electron chi connectivity index (χ2n) is 11.7. The number of imide groups is 2. The maximum absolute atomic E-state index is 14.3. The van der Waals surface area contributed by atoms with E-state index >= 15 is 0 Å². The van der Waals surface area contributed by atoms with Gasteiger partial charge in [0, 0.05) is 0 Å². The maximum Gasteiger partial charge on any atom is 0.253 e. The highest BCUT2D eigenvalue weighted by molar-refractivity contribution is 6.26. The number of hydrazine groups is 1. The molecule has 0 unspecified atom stereocenters. The predicted octanol–water partition coefficient (Wildman–Crippen LogP) is 4.69. The molecule has 6 atom stereocenters. The lowest BCUT2D eigenvalue weighted by Gasteiger charge is -2.35. The van der Waals surface area contributed by atoms with Crippen LogP contribution in [0.2, 0.25) is 0 Å². The van der Waals surface area contributed by atoms with Crippen LogP contribution in [0.15, 0.2) is 97.1 Å². The first-order chi connectivity index (χ1) is 22.2. The molecule has 0 spiro atoms. The zero-order valence-electron chi connectivity index (χ0n) is 23.6. The van der Waals surface area contributed by atoms with Gasteiger partial charge >= 0.3 is 0 Å². The summed E-state index contributed by atoms with van der Waals surface area (Å²) in [5.41, 5.74) is 1.12. The minimum Gasteiger partial charge on any atom is -0.274 e. The van der Waals surface area contributed by atoms with E-state index in [0.717, 1.165) is 34.1 Å². The maximum atomic E-state index is 14.3. The molecule has 4 saturated heterocycles. The van der Waals surface area contributed by atoms with Crippen LogP contribution in [0.5, 0.6) is 0 Å². The van der Waals surface area contributed by atoms with Gasteiger partial charge in [-0.05, 0) is 83.9 Å². The summed E-state index contributed by atoms with van der Waals surface area (Å²) in [5.74, 6) is -7.00. The van der Waals surface area contributed by atoms with Crippen molar-refractivity contribution < 1.29 is 36.7 Å². The topological polar surface area (TPSA) is 81.2 Å². The van der Waals surface area contributed by atoms with Gasteiger partial charge in [-0.1, -0.05) is 24.3 Å². The van der Waals surface area contributed by atoms with E-state index < -0.39 is 82.9 Å². The van der Waals surface area contributed by atoms with Crippen molar-refractivity contribution in [3.8, 4) is 0 Å². The minimum absolute atomic E-state index is 0.141. The molecule has 230 valence electrons. The fourth-order valence-corrected chi connectivity index (χ4v) is 7.51. The number of benzene rings is 4. The molecule has 12 heteroatoms. The molecule has 8 rings (SSSR count). The summed E-state index contributed by atoms with van der Waals surface area (Å²) in [4.78, 5) is 59.0. The van der Waals surface area contributed by atoms with Gasteiger partial charge < -0.3 is 0 Å². The van der Waals surface area contributed by atoms with Crippen molar-refractivity contribution in [2.45, 2.75) is 24.2 Å². The van der Waals surface area contributed by atoms with Crippen molar-refractivity contribution in [3.05, 3.63) is 131 Å². The SMILES string of the molecule is O=C1[C@H]2[C@@H](C(=O)N1c1ccc(F)cc1)N1[C@@H](c3ccc(F)cc3)[C@H]3C(=O)N(c4ccc(F)cc4)C(=O)[C@@H]3N1[C@@H]2c1ccc(F)cc1.